The predicted molar refractivity (Wildman–Crippen MR) is 108 cm³/mol. The van der Waals surface area contributed by atoms with E-state index in [-0.39, 0.29) is 5.75 Å². The fourth-order valence-electron chi connectivity index (χ4n) is 3.84. The van der Waals surface area contributed by atoms with E-state index in [0.29, 0.717) is 24.3 Å². The van der Waals surface area contributed by atoms with Crippen LogP contribution in [0.15, 0.2) is 24.3 Å². The minimum atomic E-state index is -1.12. The van der Waals surface area contributed by atoms with E-state index in [9.17, 15) is 15.0 Å². The number of hydrogen-bond donors (Lipinski definition) is 2. The summed E-state index contributed by atoms with van der Waals surface area (Å²) in [5.41, 5.74) is 4.79. The summed E-state index contributed by atoms with van der Waals surface area (Å²) >= 11 is 0. The normalized spacial score (nSPS) is 14.2. The molecule has 1 aliphatic heterocycles. The Bertz CT molecular complexity index is 872. The number of aliphatic carboxylic acids is 1. The molecule has 0 amide bonds. The molecule has 1 unspecified atom stereocenters. The van der Waals surface area contributed by atoms with E-state index >= 15 is 0 Å². The largest absolute Gasteiger partial charge is 0.507 e. The molecule has 150 valence electrons. The van der Waals surface area contributed by atoms with Crippen LogP contribution in [0.5, 0.6) is 11.5 Å². The second-order valence-electron chi connectivity index (χ2n) is 7.30. The highest BCUT2D eigenvalue weighted by molar-refractivity contribution is 5.85. The van der Waals surface area contributed by atoms with Crippen molar-refractivity contribution in [2.75, 3.05) is 13.2 Å². The molecule has 0 aromatic heterocycles. The third-order valence-corrected chi connectivity index (χ3v) is 5.36. The highest BCUT2D eigenvalue weighted by atomic mass is 16.5. The summed E-state index contributed by atoms with van der Waals surface area (Å²) in [6.07, 6.45) is 2.43. The van der Waals surface area contributed by atoms with E-state index < -0.39 is 12.1 Å². The lowest BCUT2D eigenvalue weighted by molar-refractivity contribution is -0.151. The Balaban J connectivity index is 2.16. The number of carboxylic acid groups (broad SMARTS) is 1. The zero-order valence-corrected chi connectivity index (χ0v) is 16.7. The zero-order chi connectivity index (χ0) is 20.3. The molecular weight excluding hydrogens is 356 g/mol. The smallest absolute Gasteiger partial charge is 0.337 e. The third-order valence-electron chi connectivity index (χ3n) is 5.36. The number of benzene rings is 2. The number of aryl methyl sites for hydroxylation is 1. The molecule has 3 rings (SSSR count). The fourth-order valence-corrected chi connectivity index (χ4v) is 3.84. The molecule has 0 saturated heterocycles. The second kappa shape index (κ2) is 8.65. The average molecular weight is 384 g/mol. The Morgan fingerprint density at radius 3 is 2.75 bits per heavy atom. The molecule has 5 nitrogen and oxygen atoms in total. The van der Waals surface area contributed by atoms with Crippen LogP contribution in [0.25, 0.3) is 11.1 Å². The number of unbranched alkanes of at least 4 members (excludes halogenated alkanes) is 1. The highest BCUT2D eigenvalue weighted by Crippen LogP contribution is 2.43. The zero-order valence-electron chi connectivity index (χ0n) is 16.7. The van der Waals surface area contributed by atoms with Gasteiger partial charge in [-0.3, -0.25) is 0 Å². The molecular formula is C23H28O5. The van der Waals surface area contributed by atoms with Crippen LogP contribution in [-0.2, 0) is 16.0 Å². The number of rotatable bonds is 7. The van der Waals surface area contributed by atoms with E-state index in [1.807, 2.05) is 32.9 Å². The number of fused-ring (bicyclic) bond motifs is 1. The van der Waals surface area contributed by atoms with Crippen LogP contribution in [0.1, 0.15) is 54.5 Å². The molecule has 0 radical (unpaired) electrons. The van der Waals surface area contributed by atoms with Gasteiger partial charge in [-0.05, 0) is 67.5 Å². The lowest BCUT2D eigenvalue weighted by atomic mass is 9.86. The summed E-state index contributed by atoms with van der Waals surface area (Å²) < 4.78 is 11.5. The van der Waals surface area contributed by atoms with Gasteiger partial charge in [0.05, 0.1) is 6.61 Å². The van der Waals surface area contributed by atoms with Gasteiger partial charge in [0.25, 0.3) is 0 Å². The van der Waals surface area contributed by atoms with Crippen LogP contribution >= 0.6 is 0 Å². The summed E-state index contributed by atoms with van der Waals surface area (Å²) in [5, 5.41) is 20.6. The van der Waals surface area contributed by atoms with Crippen molar-refractivity contribution in [1.29, 1.82) is 0 Å². The number of carboxylic acids is 1. The monoisotopic (exact) mass is 384 g/mol. The number of hydrogen-bond acceptors (Lipinski definition) is 4. The molecule has 0 aliphatic carbocycles. The van der Waals surface area contributed by atoms with Crippen molar-refractivity contribution in [2.45, 2.75) is 52.6 Å². The highest BCUT2D eigenvalue weighted by Gasteiger charge is 2.29. The predicted octanol–water partition coefficient (Wildman–Crippen LogP) is 4.94. The maximum absolute atomic E-state index is 12.0. The molecule has 1 atom stereocenters. The Kier molecular flexibility index (Phi) is 6.25. The van der Waals surface area contributed by atoms with Crippen LogP contribution in [0, 0.1) is 13.8 Å². The first-order valence-electron chi connectivity index (χ1n) is 9.88. The van der Waals surface area contributed by atoms with Crippen molar-refractivity contribution in [3.8, 4) is 22.6 Å². The molecule has 2 N–H and O–H groups in total. The lowest BCUT2D eigenvalue weighted by Gasteiger charge is -2.25. The molecule has 28 heavy (non-hydrogen) atoms. The van der Waals surface area contributed by atoms with Gasteiger partial charge < -0.3 is 19.7 Å². The summed E-state index contributed by atoms with van der Waals surface area (Å²) in [4.78, 5) is 12.0. The average Bonchev–Trinajstić information content (AvgIpc) is 2.68. The fraction of sp³-hybridized carbons (Fsp3) is 0.435. The summed E-state index contributed by atoms with van der Waals surface area (Å²) in [6.45, 7) is 6.96. The van der Waals surface area contributed by atoms with E-state index in [1.54, 1.807) is 12.1 Å². The SMILES string of the molecule is CCCCOC(C(=O)O)c1c(C)ccc(O)c1-c1ccc2c(c1C)CCCO2. The summed E-state index contributed by atoms with van der Waals surface area (Å²) in [5.74, 6) is -0.120. The Hall–Kier alpha value is -2.53. The third kappa shape index (κ3) is 3.85. The Morgan fingerprint density at radius 2 is 2.04 bits per heavy atom. The second-order valence-corrected chi connectivity index (χ2v) is 7.30. The number of carbonyl (C=O) groups is 1. The lowest BCUT2D eigenvalue weighted by Crippen LogP contribution is -2.18. The van der Waals surface area contributed by atoms with Crippen LogP contribution in [0.4, 0.5) is 0 Å². The number of phenols is 1. The van der Waals surface area contributed by atoms with Crippen molar-refractivity contribution in [1.82, 2.24) is 0 Å². The van der Waals surface area contributed by atoms with E-state index in [1.165, 1.54) is 0 Å². The quantitative estimate of drug-likeness (QED) is 0.661. The van der Waals surface area contributed by atoms with Gasteiger partial charge in [0.2, 0.25) is 0 Å². The molecule has 1 aliphatic rings. The van der Waals surface area contributed by atoms with E-state index in [2.05, 4.69) is 0 Å². The standard InChI is InChI=1S/C23H28O5/c1-4-5-12-28-22(23(25)26)20-14(2)8-10-18(24)21(20)17-9-11-19-16(15(17)3)7-6-13-27-19/h8-11,22,24H,4-7,12-13H2,1-3H3,(H,25,26). The molecule has 1 heterocycles. The minimum absolute atomic E-state index is 0.0609. The molecule has 0 fully saturated rings. The minimum Gasteiger partial charge on any atom is -0.507 e. The first-order chi connectivity index (χ1) is 13.5. The van der Waals surface area contributed by atoms with Gasteiger partial charge in [-0.1, -0.05) is 25.5 Å². The van der Waals surface area contributed by atoms with Gasteiger partial charge in [-0.15, -0.1) is 0 Å². The summed E-state index contributed by atoms with van der Waals surface area (Å²) in [6, 6.07) is 7.18. The Morgan fingerprint density at radius 1 is 1.25 bits per heavy atom. The molecule has 5 heteroatoms. The maximum Gasteiger partial charge on any atom is 0.337 e. The van der Waals surface area contributed by atoms with Crippen LogP contribution in [0.2, 0.25) is 0 Å². The van der Waals surface area contributed by atoms with Gasteiger partial charge in [0, 0.05) is 17.7 Å². The number of ether oxygens (including phenoxy) is 2. The van der Waals surface area contributed by atoms with Gasteiger partial charge in [-0.2, -0.15) is 0 Å². The summed E-state index contributed by atoms with van der Waals surface area (Å²) in [7, 11) is 0. The van der Waals surface area contributed by atoms with Gasteiger partial charge in [-0.25, -0.2) is 4.79 Å². The number of aromatic hydroxyl groups is 1. The van der Waals surface area contributed by atoms with Crippen molar-refractivity contribution in [3.05, 3.63) is 46.5 Å². The topological polar surface area (TPSA) is 76.0 Å². The molecule has 0 spiro atoms. The first-order valence-corrected chi connectivity index (χ1v) is 9.88. The van der Waals surface area contributed by atoms with Crippen LogP contribution in [-0.4, -0.2) is 29.4 Å². The molecule has 0 bridgehead atoms. The van der Waals surface area contributed by atoms with Gasteiger partial charge in [0.15, 0.2) is 6.10 Å². The van der Waals surface area contributed by atoms with Gasteiger partial charge in [0.1, 0.15) is 11.5 Å². The van der Waals surface area contributed by atoms with Crippen molar-refractivity contribution < 1.29 is 24.5 Å². The number of phenolic OH excluding ortho intramolecular Hbond substituents is 1. The molecule has 0 saturated carbocycles. The van der Waals surface area contributed by atoms with E-state index in [0.717, 1.165) is 53.7 Å². The van der Waals surface area contributed by atoms with Crippen LogP contribution < -0.4 is 4.74 Å². The molecule has 2 aromatic rings. The maximum atomic E-state index is 12.0. The van der Waals surface area contributed by atoms with Gasteiger partial charge >= 0.3 is 5.97 Å². The van der Waals surface area contributed by atoms with Crippen LogP contribution in [0.3, 0.4) is 0 Å². The van der Waals surface area contributed by atoms with Crippen molar-refractivity contribution >= 4 is 5.97 Å². The van der Waals surface area contributed by atoms with Crippen molar-refractivity contribution in [3.63, 3.8) is 0 Å². The first kappa shape index (κ1) is 20.2. The Labute approximate surface area is 165 Å². The molecule has 2 aromatic carbocycles. The van der Waals surface area contributed by atoms with E-state index in [4.69, 9.17) is 9.47 Å². The van der Waals surface area contributed by atoms with Crippen molar-refractivity contribution in [2.24, 2.45) is 0 Å².